The van der Waals surface area contributed by atoms with E-state index in [1.165, 1.54) is 0 Å². The van der Waals surface area contributed by atoms with Gasteiger partial charge in [0.25, 0.3) is 5.91 Å². The largest absolute Gasteiger partial charge is 0.382 e. The molecular formula is C23H35Cl2N5O5. The van der Waals surface area contributed by atoms with Gasteiger partial charge >= 0.3 is 0 Å². The Kier molecular flexibility index (Phi) is 12.2. The summed E-state index contributed by atoms with van der Waals surface area (Å²) in [7, 11) is 0. The molecule has 35 heavy (non-hydrogen) atoms. The first kappa shape index (κ1) is 29.3. The minimum absolute atomic E-state index is 0. The van der Waals surface area contributed by atoms with Gasteiger partial charge in [0.05, 0.1) is 26.4 Å². The molecule has 0 saturated carbocycles. The molecule has 1 unspecified atom stereocenters. The summed E-state index contributed by atoms with van der Waals surface area (Å²) in [6.45, 7) is 8.50. The summed E-state index contributed by atoms with van der Waals surface area (Å²) >= 11 is 0. The third kappa shape index (κ3) is 7.77. The van der Waals surface area contributed by atoms with E-state index in [0.717, 1.165) is 50.6 Å². The van der Waals surface area contributed by atoms with Crippen molar-refractivity contribution in [1.82, 2.24) is 20.4 Å². The molecule has 3 heterocycles. The molecule has 0 aromatic heterocycles. The molecule has 0 aliphatic carbocycles. The summed E-state index contributed by atoms with van der Waals surface area (Å²) in [6.07, 6.45) is 0.608. The second kappa shape index (κ2) is 14.6. The maximum atomic E-state index is 12.9. The number of carbonyl (C=O) groups excluding carboxylic acids is 3. The van der Waals surface area contributed by atoms with Crippen molar-refractivity contribution in [2.24, 2.45) is 0 Å². The van der Waals surface area contributed by atoms with Crippen LogP contribution in [0.3, 0.4) is 0 Å². The zero-order valence-corrected chi connectivity index (χ0v) is 21.4. The lowest BCUT2D eigenvalue weighted by Gasteiger charge is -2.29. The van der Waals surface area contributed by atoms with Gasteiger partial charge in [-0.25, -0.2) is 0 Å². The molecule has 0 bridgehead atoms. The molecule has 2 saturated heterocycles. The van der Waals surface area contributed by atoms with E-state index >= 15 is 0 Å². The van der Waals surface area contributed by atoms with Crippen molar-refractivity contribution in [1.29, 1.82) is 0 Å². The third-order valence-electron chi connectivity index (χ3n) is 6.28. The SMILES string of the molecule is Cl.Cl.O=C1CCC(N2Cc3c(NCCOCCOCCN4CCNCC4)cccc3C2=O)C(=O)N1. The lowest BCUT2D eigenvalue weighted by atomic mass is 10.0. The number of benzene rings is 1. The van der Waals surface area contributed by atoms with E-state index in [2.05, 4.69) is 20.9 Å². The van der Waals surface area contributed by atoms with Crippen molar-refractivity contribution in [3.63, 3.8) is 0 Å². The Bertz CT molecular complexity index is 869. The molecule has 3 aliphatic heterocycles. The van der Waals surface area contributed by atoms with Gasteiger partial charge in [-0.1, -0.05) is 6.07 Å². The monoisotopic (exact) mass is 531 g/mol. The Labute approximate surface area is 218 Å². The number of carbonyl (C=O) groups is 3. The number of imide groups is 1. The van der Waals surface area contributed by atoms with E-state index in [-0.39, 0.29) is 43.0 Å². The molecule has 1 atom stereocenters. The van der Waals surface area contributed by atoms with Gasteiger partial charge in [0.1, 0.15) is 6.04 Å². The highest BCUT2D eigenvalue weighted by Gasteiger charge is 2.39. The standard InChI is InChI=1S/C23H33N5O5.2ClH/c29-21-5-4-20(22(30)26-21)28-16-18-17(23(28)31)2-1-3-19(18)25-8-12-32-14-15-33-13-11-27-9-6-24-7-10-27;;/h1-3,20,24-25H,4-16H2,(H,26,29,30);2*1H. The van der Waals surface area contributed by atoms with Gasteiger partial charge in [0, 0.05) is 69.0 Å². The number of piperidine rings is 1. The Hall–Kier alpha value is -1.95. The minimum Gasteiger partial charge on any atom is -0.382 e. The van der Waals surface area contributed by atoms with Crippen LogP contribution in [0.2, 0.25) is 0 Å². The summed E-state index contributed by atoms with van der Waals surface area (Å²) in [4.78, 5) is 40.5. The molecule has 10 nitrogen and oxygen atoms in total. The van der Waals surface area contributed by atoms with E-state index in [9.17, 15) is 14.4 Å². The Morgan fingerprint density at radius 2 is 1.74 bits per heavy atom. The van der Waals surface area contributed by atoms with Gasteiger partial charge in [-0.2, -0.15) is 0 Å². The Morgan fingerprint density at radius 3 is 2.49 bits per heavy atom. The van der Waals surface area contributed by atoms with Gasteiger partial charge in [-0.3, -0.25) is 24.6 Å². The second-order valence-electron chi connectivity index (χ2n) is 8.47. The van der Waals surface area contributed by atoms with Crippen LogP contribution in [0.1, 0.15) is 28.8 Å². The van der Waals surface area contributed by atoms with Crippen molar-refractivity contribution >= 4 is 48.2 Å². The highest BCUT2D eigenvalue weighted by Crippen LogP contribution is 2.32. The van der Waals surface area contributed by atoms with Crippen LogP contribution in [0, 0.1) is 0 Å². The number of hydrogen-bond donors (Lipinski definition) is 3. The van der Waals surface area contributed by atoms with Crippen molar-refractivity contribution in [2.45, 2.75) is 25.4 Å². The molecule has 3 aliphatic rings. The van der Waals surface area contributed by atoms with Gasteiger partial charge in [-0.05, 0) is 18.6 Å². The van der Waals surface area contributed by atoms with Crippen molar-refractivity contribution in [2.75, 3.05) is 71.0 Å². The summed E-state index contributed by atoms with van der Waals surface area (Å²) < 4.78 is 11.3. The number of ether oxygens (including phenoxy) is 2. The van der Waals surface area contributed by atoms with Crippen LogP contribution in [-0.4, -0.2) is 99.3 Å². The zero-order valence-electron chi connectivity index (χ0n) is 19.8. The smallest absolute Gasteiger partial charge is 0.255 e. The first-order valence-electron chi connectivity index (χ1n) is 11.7. The molecule has 4 rings (SSSR count). The lowest BCUT2D eigenvalue weighted by Crippen LogP contribution is -2.52. The van der Waals surface area contributed by atoms with Crippen LogP contribution < -0.4 is 16.0 Å². The highest BCUT2D eigenvalue weighted by molar-refractivity contribution is 6.06. The number of anilines is 1. The molecule has 3 amide bonds. The van der Waals surface area contributed by atoms with Crippen LogP contribution in [0.25, 0.3) is 0 Å². The van der Waals surface area contributed by atoms with E-state index in [1.807, 2.05) is 12.1 Å². The summed E-state index contributed by atoms with van der Waals surface area (Å²) in [5, 5.41) is 9.01. The zero-order chi connectivity index (χ0) is 23.0. The Morgan fingerprint density at radius 1 is 1.00 bits per heavy atom. The van der Waals surface area contributed by atoms with Gasteiger partial charge in [-0.15, -0.1) is 24.8 Å². The minimum atomic E-state index is -0.606. The molecule has 196 valence electrons. The fourth-order valence-corrected chi connectivity index (χ4v) is 4.46. The van der Waals surface area contributed by atoms with Crippen LogP contribution in [0.4, 0.5) is 5.69 Å². The molecule has 1 aromatic rings. The van der Waals surface area contributed by atoms with Gasteiger partial charge in [0.2, 0.25) is 11.8 Å². The van der Waals surface area contributed by atoms with Crippen molar-refractivity contribution in [3.05, 3.63) is 29.3 Å². The lowest BCUT2D eigenvalue weighted by molar-refractivity contribution is -0.136. The number of halogens is 2. The fourth-order valence-electron chi connectivity index (χ4n) is 4.46. The van der Waals surface area contributed by atoms with E-state index < -0.39 is 11.9 Å². The summed E-state index contributed by atoms with van der Waals surface area (Å²) in [5.74, 6) is -0.851. The quantitative estimate of drug-likeness (QED) is 0.281. The number of nitrogens with one attached hydrogen (secondary N) is 3. The topological polar surface area (TPSA) is 112 Å². The molecule has 0 radical (unpaired) electrons. The molecule has 2 fully saturated rings. The molecule has 12 heteroatoms. The first-order valence-corrected chi connectivity index (χ1v) is 11.7. The summed E-state index contributed by atoms with van der Waals surface area (Å²) in [5.41, 5.74) is 2.35. The fraction of sp³-hybridized carbons (Fsp3) is 0.609. The third-order valence-corrected chi connectivity index (χ3v) is 6.28. The molecule has 1 aromatic carbocycles. The molecule has 3 N–H and O–H groups in total. The van der Waals surface area contributed by atoms with E-state index in [0.29, 0.717) is 44.9 Å². The van der Waals surface area contributed by atoms with E-state index in [4.69, 9.17) is 9.47 Å². The van der Waals surface area contributed by atoms with Crippen molar-refractivity contribution in [3.8, 4) is 0 Å². The van der Waals surface area contributed by atoms with Crippen LogP contribution in [-0.2, 0) is 25.6 Å². The highest BCUT2D eigenvalue weighted by atomic mass is 35.5. The number of fused-ring (bicyclic) bond motifs is 1. The average molecular weight is 532 g/mol. The molecular weight excluding hydrogens is 497 g/mol. The van der Waals surface area contributed by atoms with Crippen LogP contribution in [0.5, 0.6) is 0 Å². The number of piperazine rings is 1. The number of nitrogens with zero attached hydrogens (tertiary/aromatic N) is 2. The van der Waals surface area contributed by atoms with Gasteiger partial charge < -0.3 is 25.0 Å². The molecule has 0 spiro atoms. The summed E-state index contributed by atoms with van der Waals surface area (Å²) in [6, 6.07) is 4.94. The maximum Gasteiger partial charge on any atom is 0.255 e. The van der Waals surface area contributed by atoms with Crippen LogP contribution in [0.15, 0.2) is 18.2 Å². The second-order valence-corrected chi connectivity index (χ2v) is 8.47. The van der Waals surface area contributed by atoms with Gasteiger partial charge in [0.15, 0.2) is 0 Å². The van der Waals surface area contributed by atoms with Crippen LogP contribution >= 0.6 is 24.8 Å². The predicted molar refractivity (Wildman–Crippen MR) is 136 cm³/mol. The number of amides is 3. The number of rotatable bonds is 11. The maximum absolute atomic E-state index is 12.9. The first-order chi connectivity index (χ1) is 16.1. The number of hydrogen-bond acceptors (Lipinski definition) is 8. The van der Waals surface area contributed by atoms with E-state index in [1.54, 1.807) is 11.0 Å². The normalized spacial score (nSPS) is 20.1. The average Bonchev–Trinajstić information content (AvgIpc) is 3.15. The predicted octanol–water partition coefficient (Wildman–Crippen LogP) is 0.642. The Balaban J connectivity index is 0.00000216. The van der Waals surface area contributed by atoms with Crippen molar-refractivity contribution < 1.29 is 23.9 Å².